The molecule has 0 bridgehead atoms. The number of benzene rings is 2. The average molecular weight is 396 g/mol. The summed E-state index contributed by atoms with van der Waals surface area (Å²) < 4.78 is 0. The van der Waals surface area contributed by atoms with Gasteiger partial charge in [-0.2, -0.15) is 0 Å². The molecule has 1 fully saturated rings. The van der Waals surface area contributed by atoms with E-state index in [4.69, 9.17) is 0 Å². The van der Waals surface area contributed by atoms with Gasteiger partial charge in [0, 0.05) is 19.5 Å². The molecule has 2 aromatic rings. The summed E-state index contributed by atoms with van der Waals surface area (Å²) in [5.41, 5.74) is 0.800. The van der Waals surface area contributed by atoms with Crippen LogP contribution in [0.3, 0.4) is 0 Å². The van der Waals surface area contributed by atoms with Crippen molar-refractivity contribution in [2.45, 2.75) is 45.1 Å². The molecule has 1 heterocycles. The van der Waals surface area contributed by atoms with Gasteiger partial charge >= 0.3 is 5.97 Å². The highest BCUT2D eigenvalue weighted by atomic mass is 16.4. The molecule has 3 rings (SSSR count). The first-order chi connectivity index (χ1) is 14.0. The largest absolute Gasteiger partial charge is 0.481 e. The van der Waals surface area contributed by atoms with Crippen LogP contribution in [0.25, 0.3) is 10.8 Å². The first kappa shape index (κ1) is 20.8. The Morgan fingerprint density at radius 2 is 1.93 bits per heavy atom. The number of carboxylic acids is 1. The zero-order valence-corrected chi connectivity index (χ0v) is 16.8. The molecule has 0 aliphatic carbocycles. The second kappa shape index (κ2) is 9.54. The fraction of sp³-hybridized carbons (Fsp3) is 0.435. The quantitative estimate of drug-likeness (QED) is 0.750. The number of hydrogen-bond acceptors (Lipinski definition) is 3. The van der Waals surface area contributed by atoms with E-state index in [1.165, 1.54) is 0 Å². The summed E-state index contributed by atoms with van der Waals surface area (Å²) in [4.78, 5) is 38.5. The van der Waals surface area contributed by atoms with Gasteiger partial charge in [0.2, 0.25) is 11.8 Å². The van der Waals surface area contributed by atoms with Gasteiger partial charge in [-0.1, -0.05) is 49.4 Å². The van der Waals surface area contributed by atoms with Crippen molar-refractivity contribution in [3.8, 4) is 0 Å². The average Bonchev–Trinajstić information content (AvgIpc) is 2.72. The zero-order chi connectivity index (χ0) is 20.8. The van der Waals surface area contributed by atoms with Gasteiger partial charge in [-0.25, -0.2) is 0 Å². The van der Waals surface area contributed by atoms with Gasteiger partial charge in [-0.15, -0.1) is 0 Å². The monoisotopic (exact) mass is 396 g/mol. The fourth-order valence-electron chi connectivity index (χ4n) is 4.05. The van der Waals surface area contributed by atoms with Gasteiger partial charge in [-0.3, -0.25) is 14.4 Å². The minimum atomic E-state index is -0.966. The Balaban J connectivity index is 1.79. The molecule has 1 aliphatic rings. The van der Waals surface area contributed by atoms with Crippen LogP contribution in [0.1, 0.15) is 50.6 Å². The van der Waals surface area contributed by atoms with Crippen LogP contribution in [-0.4, -0.2) is 40.9 Å². The third-order valence-electron chi connectivity index (χ3n) is 5.50. The minimum absolute atomic E-state index is 0.0844. The standard InChI is InChI=1S/C23H28N2O4/c1-2-7-21(26)25-13-6-10-17(15-25)23(29)24-20(14-22(27)28)19-12-5-9-16-8-3-4-11-18(16)19/h3-5,8-9,11-12,17,20H,2,6-7,10,13-15H2,1H3,(H,24,29)(H,27,28)/t17?,20-/m1/s1. The van der Waals surface area contributed by atoms with Crippen LogP contribution in [0.5, 0.6) is 0 Å². The van der Waals surface area contributed by atoms with Crippen LogP contribution in [0.4, 0.5) is 0 Å². The van der Waals surface area contributed by atoms with E-state index in [1.54, 1.807) is 4.90 Å². The summed E-state index contributed by atoms with van der Waals surface area (Å²) in [6.07, 6.45) is 2.58. The smallest absolute Gasteiger partial charge is 0.305 e. The molecular formula is C23H28N2O4. The maximum atomic E-state index is 13.0. The van der Waals surface area contributed by atoms with Crippen LogP contribution < -0.4 is 5.32 Å². The van der Waals surface area contributed by atoms with Crippen molar-refractivity contribution < 1.29 is 19.5 Å². The van der Waals surface area contributed by atoms with Crippen LogP contribution in [0.15, 0.2) is 42.5 Å². The lowest BCUT2D eigenvalue weighted by atomic mass is 9.93. The first-order valence-electron chi connectivity index (χ1n) is 10.3. The number of amides is 2. The van der Waals surface area contributed by atoms with Gasteiger partial charge < -0.3 is 15.3 Å². The molecule has 154 valence electrons. The summed E-state index contributed by atoms with van der Waals surface area (Å²) in [5, 5.41) is 14.3. The predicted molar refractivity (Wildman–Crippen MR) is 111 cm³/mol. The number of carboxylic acid groups (broad SMARTS) is 1. The second-order valence-corrected chi connectivity index (χ2v) is 7.66. The number of carbonyl (C=O) groups excluding carboxylic acids is 2. The summed E-state index contributed by atoms with van der Waals surface area (Å²) >= 11 is 0. The van der Waals surface area contributed by atoms with E-state index >= 15 is 0 Å². The lowest BCUT2D eigenvalue weighted by Gasteiger charge is -2.33. The normalized spacial score (nSPS) is 17.7. The SMILES string of the molecule is CCCC(=O)N1CCCC(C(=O)N[C@H](CC(=O)O)c2cccc3ccccc23)C1. The van der Waals surface area contributed by atoms with E-state index in [2.05, 4.69) is 5.32 Å². The highest BCUT2D eigenvalue weighted by Crippen LogP contribution is 2.27. The van der Waals surface area contributed by atoms with Crippen LogP contribution in [-0.2, 0) is 14.4 Å². The van der Waals surface area contributed by atoms with Crippen LogP contribution >= 0.6 is 0 Å². The Hall–Kier alpha value is -2.89. The van der Waals surface area contributed by atoms with E-state index in [-0.39, 0.29) is 24.2 Å². The minimum Gasteiger partial charge on any atom is -0.481 e. The summed E-state index contributed by atoms with van der Waals surface area (Å²) in [6, 6.07) is 12.8. The number of carbonyl (C=O) groups is 3. The van der Waals surface area contributed by atoms with Crippen LogP contribution in [0, 0.1) is 5.92 Å². The van der Waals surface area contributed by atoms with Crippen molar-refractivity contribution in [2.75, 3.05) is 13.1 Å². The van der Waals surface area contributed by atoms with Crippen molar-refractivity contribution in [2.24, 2.45) is 5.92 Å². The van der Waals surface area contributed by atoms with E-state index in [1.807, 2.05) is 49.4 Å². The lowest BCUT2D eigenvalue weighted by Crippen LogP contribution is -2.46. The number of piperidine rings is 1. The lowest BCUT2D eigenvalue weighted by molar-refractivity contribution is -0.138. The number of likely N-dealkylation sites (tertiary alicyclic amines) is 1. The molecule has 6 nitrogen and oxygen atoms in total. The van der Waals surface area contributed by atoms with Gasteiger partial charge in [0.25, 0.3) is 0 Å². The summed E-state index contributed by atoms with van der Waals surface area (Å²) in [5.74, 6) is -1.37. The number of fused-ring (bicyclic) bond motifs is 1. The fourth-order valence-corrected chi connectivity index (χ4v) is 4.05. The van der Waals surface area contributed by atoms with Gasteiger partial charge in [0.15, 0.2) is 0 Å². The van der Waals surface area contributed by atoms with Crippen molar-refractivity contribution in [3.05, 3.63) is 48.0 Å². The van der Waals surface area contributed by atoms with Crippen molar-refractivity contribution >= 4 is 28.6 Å². The van der Waals surface area contributed by atoms with Crippen molar-refractivity contribution in [3.63, 3.8) is 0 Å². The van der Waals surface area contributed by atoms with Gasteiger partial charge in [0.1, 0.15) is 0 Å². The summed E-state index contributed by atoms with van der Waals surface area (Å²) in [6.45, 7) is 3.05. The molecule has 2 atom stereocenters. The Kier molecular flexibility index (Phi) is 6.86. The molecule has 1 aliphatic heterocycles. The third-order valence-corrected chi connectivity index (χ3v) is 5.50. The Morgan fingerprint density at radius 3 is 2.69 bits per heavy atom. The Morgan fingerprint density at radius 1 is 1.17 bits per heavy atom. The maximum absolute atomic E-state index is 13.0. The molecule has 1 unspecified atom stereocenters. The van der Waals surface area contributed by atoms with E-state index in [9.17, 15) is 19.5 Å². The predicted octanol–water partition coefficient (Wildman–Crippen LogP) is 3.51. The highest BCUT2D eigenvalue weighted by Gasteiger charge is 2.30. The zero-order valence-electron chi connectivity index (χ0n) is 16.8. The Labute approximate surface area is 170 Å². The van der Waals surface area contributed by atoms with Crippen LogP contribution in [0.2, 0.25) is 0 Å². The maximum Gasteiger partial charge on any atom is 0.305 e. The molecule has 6 heteroatoms. The van der Waals surface area contributed by atoms with Crippen molar-refractivity contribution in [1.29, 1.82) is 0 Å². The topological polar surface area (TPSA) is 86.7 Å². The number of nitrogens with zero attached hydrogens (tertiary/aromatic N) is 1. The molecule has 0 spiro atoms. The van der Waals surface area contributed by atoms with E-state index in [0.29, 0.717) is 25.9 Å². The molecule has 29 heavy (non-hydrogen) atoms. The molecular weight excluding hydrogens is 368 g/mol. The third kappa shape index (κ3) is 5.13. The molecule has 2 aromatic carbocycles. The van der Waals surface area contributed by atoms with Gasteiger partial charge in [0.05, 0.1) is 18.4 Å². The molecule has 0 saturated carbocycles. The molecule has 1 saturated heterocycles. The van der Waals surface area contributed by atoms with E-state index in [0.717, 1.165) is 29.2 Å². The summed E-state index contributed by atoms with van der Waals surface area (Å²) in [7, 11) is 0. The first-order valence-corrected chi connectivity index (χ1v) is 10.3. The van der Waals surface area contributed by atoms with Crippen molar-refractivity contribution in [1.82, 2.24) is 10.2 Å². The molecule has 0 radical (unpaired) electrons. The van der Waals surface area contributed by atoms with E-state index < -0.39 is 12.0 Å². The number of rotatable bonds is 7. The number of nitrogens with one attached hydrogen (secondary N) is 1. The molecule has 0 aromatic heterocycles. The highest BCUT2D eigenvalue weighted by molar-refractivity contribution is 5.88. The van der Waals surface area contributed by atoms with Gasteiger partial charge in [-0.05, 0) is 35.6 Å². The molecule has 2 N–H and O–H groups in total. The molecule has 2 amide bonds. The second-order valence-electron chi connectivity index (χ2n) is 7.66. The number of aliphatic carboxylic acids is 1. The number of hydrogen-bond donors (Lipinski definition) is 2. The Bertz CT molecular complexity index is 890.